The number of hydrogen-bond acceptors (Lipinski definition) is 4. The van der Waals surface area contributed by atoms with Gasteiger partial charge in [-0.3, -0.25) is 9.78 Å². The monoisotopic (exact) mass is 279 g/mol. The van der Waals surface area contributed by atoms with Gasteiger partial charge in [-0.15, -0.1) is 0 Å². The molecule has 0 spiro atoms. The highest BCUT2D eigenvalue weighted by Crippen LogP contribution is 2.36. The van der Waals surface area contributed by atoms with Crippen LogP contribution in [0.15, 0.2) is 42.6 Å². The minimum Gasteiger partial charge on any atom is -0.497 e. The van der Waals surface area contributed by atoms with Crippen LogP contribution >= 0.6 is 0 Å². The second-order valence-corrected chi connectivity index (χ2v) is 4.74. The number of benzene rings is 1. The van der Waals surface area contributed by atoms with E-state index >= 15 is 0 Å². The number of methoxy groups -OCH3 is 1. The summed E-state index contributed by atoms with van der Waals surface area (Å²) in [5.41, 5.74) is 2.00. The highest BCUT2D eigenvalue weighted by Gasteiger charge is 2.37. The Kier molecular flexibility index (Phi) is 3.28. The van der Waals surface area contributed by atoms with Gasteiger partial charge >= 0.3 is 0 Å². The van der Waals surface area contributed by atoms with Gasteiger partial charge in [-0.25, -0.2) is 0 Å². The first-order chi connectivity index (χ1) is 10.2. The zero-order chi connectivity index (χ0) is 14.8. The van der Waals surface area contributed by atoms with Crippen molar-refractivity contribution in [1.29, 1.82) is 5.26 Å². The third kappa shape index (κ3) is 2.21. The van der Waals surface area contributed by atoms with Crippen LogP contribution in [0.3, 0.4) is 0 Å². The first kappa shape index (κ1) is 13.1. The number of hydrogen-bond donors (Lipinski definition) is 0. The van der Waals surface area contributed by atoms with E-state index in [1.165, 1.54) is 4.90 Å². The molecule has 5 heteroatoms. The van der Waals surface area contributed by atoms with Gasteiger partial charge in [-0.2, -0.15) is 5.26 Å². The Hall–Kier alpha value is -2.87. The topological polar surface area (TPSA) is 66.2 Å². The number of nitrogens with zero attached hydrogens (tertiary/aromatic N) is 3. The fraction of sp³-hybridized carbons (Fsp3) is 0.188. The standard InChI is InChI=1S/C16H13N3O2/c1-21-12-5-6-13-14(8-12)15(9-17)19(16(13)20)10-11-4-2-3-7-18-11/h2-8,15H,10H2,1H3. The summed E-state index contributed by atoms with van der Waals surface area (Å²) >= 11 is 0. The van der Waals surface area contributed by atoms with Crippen LogP contribution in [-0.4, -0.2) is 22.9 Å². The quantitative estimate of drug-likeness (QED) is 0.864. The molecule has 21 heavy (non-hydrogen) atoms. The molecule has 3 rings (SSSR count). The average Bonchev–Trinajstić information content (AvgIpc) is 2.80. The molecule has 0 N–H and O–H groups in total. The number of pyridine rings is 1. The minimum atomic E-state index is -0.607. The highest BCUT2D eigenvalue weighted by atomic mass is 16.5. The molecular formula is C16H13N3O2. The van der Waals surface area contributed by atoms with E-state index in [-0.39, 0.29) is 5.91 Å². The Morgan fingerprint density at radius 2 is 2.24 bits per heavy atom. The molecule has 1 aliphatic heterocycles. The molecule has 2 aromatic rings. The van der Waals surface area contributed by atoms with Crippen LogP contribution in [-0.2, 0) is 6.54 Å². The van der Waals surface area contributed by atoms with E-state index in [0.717, 1.165) is 5.69 Å². The molecule has 1 aromatic carbocycles. The number of ether oxygens (including phenoxy) is 1. The van der Waals surface area contributed by atoms with E-state index in [4.69, 9.17) is 4.74 Å². The van der Waals surface area contributed by atoms with Gasteiger partial charge in [0, 0.05) is 17.3 Å². The first-order valence-electron chi connectivity index (χ1n) is 6.53. The van der Waals surface area contributed by atoms with Crippen molar-refractivity contribution >= 4 is 5.91 Å². The third-order valence-electron chi connectivity index (χ3n) is 3.54. The average molecular weight is 279 g/mol. The highest BCUT2D eigenvalue weighted by molar-refractivity contribution is 5.99. The summed E-state index contributed by atoms with van der Waals surface area (Å²) in [5, 5.41) is 9.44. The Labute approximate surface area is 122 Å². The van der Waals surface area contributed by atoms with Crippen LogP contribution in [0, 0.1) is 11.3 Å². The number of nitriles is 1. The number of rotatable bonds is 3. The van der Waals surface area contributed by atoms with Gasteiger partial charge in [0.1, 0.15) is 11.8 Å². The minimum absolute atomic E-state index is 0.148. The fourth-order valence-electron chi connectivity index (χ4n) is 2.50. The van der Waals surface area contributed by atoms with Crippen molar-refractivity contribution < 1.29 is 9.53 Å². The predicted molar refractivity (Wildman–Crippen MR) is 75.5 cm³/mol. The fourth-order valence-corrected chi connectivity index (χ4v) is 2.50. The van der Waals surface area contributed by atoms with E-state index in [0.29, 0.717) is 23.4 Å². The van der Waals surface area contributed by atoms with Gasteiger partial charge in [-0.05, 0) is 30.3 Å². The predicted octanol–water partition coefficient (Wildman–Crippen LogP) is 2.31. The first-order valence-corrected chi connectivity index (χ1v) is 6.53. The summed E-state index contributed by atoms with van der Waals surface area (Å²) in [5.74, 6) is 0.492. The lowest BCUT2D eigenvalue weighted by atomic mass is 10.1. The van der Waals surface area contributed by atoms with Crippen molar-refractivity contribution in [1.82, 2.24) is 9.88 Å². The lowest BCUT2D eigenvalue weighted by Crippen LogP contribution is -2.27. The lowest BCUT2D eigenvalue weighted by Gasteiger charge is -2.19. The smallest absolute Gasteiger partial charge is 0.255 e. The normalized spacial score (nSPS) is 16.5. The summed E-state index contributed by atoms with van der Waals surface area (Å²) in [4.78, 5) is 18.2. The molecule has 0 fully saturated rings. The number of carbonyl (C=O) groups is 1. The van der Waals surface area contributed by atoms with Crippen molar-refractivity contribution in [3.05, 3.63) is 59.4 Å². The van der Waals surface area contributed by atoms with E-state index in [9.17, 15) is 10.1 Å². The van der Waals surface area contributed by atoms with Gasteiger partial charge in [0.2, 0.25) is 0 Å². The molecule has 0 saturated heterocycles. The summed E-state index contributed by atoms with van der Waals surface area (Å²) < 4.78 is 5.17. The Morgan fingerprint density at radius 3 is 2.90 bits per heavy atom. The van der Waals surface area contributed by atoms with Crippen molar-refractivity contribution in [2.24, 2.45) is 0 Å². The zero-order valence-electron chi connectivity index (χ0n) is 11.5. The molecule has 0 aliphatic carbocycles. The molecule has 5 nitrogen and oxygen atoms in total. The van der Waals surface area contributed by atoms with Crippen molar-refractivity contribution in [3.8, 4) is 11.8 Å². The molecule has 0 radical (unpaired) electrons. The second kappa shape index (κ2) is 5.25. The number of amides is 1. The van der Waals surface area contributed by atoms with Gasteiger partial charge in [-0.1, -0.05) is 6.07 Å². The largest absolute Gasteiger partial charge is 0.497 e. The lowest BCUT2D eigenvalue weighted by molar-refractivity contribution is 0.0742. The van der Waals surface area contributed by atoms with Gasteiger partial charge < -0.3 is 9.64 Å². The maximum Gasteiger partial charge on any atom is 0.255 e. The van der Waals surface area contributed by atoms with E-state index in [2.05, 4.69) is 11.1 Å². The molecule has 1 aromatic heterocycles. The molecule has 104 valence electrons. The third-order valence-corrected chi connectivity index (χ3v) is 3.54. The molecule has 1 unspecified atom stereocenters. The molecule has 2 heterocycles. The van der Waals surface area contributed by atoms with Crippen molar-refractivity contribution in [3.63, 3.8) is 0 Å². The molecule has 0 bridgehead atoms. The molecule has 1 atom stereocenters. The summed E-state index contributed by atoms with van der Waals surface area (Å²) in [6.45, 7) is 0.314. The van der Waals surface area contributed by atoms with E-state index in [1.54, 1.807) is 31.5 Å². The van der Waals surface area contributed by atoms with Crippen LogP contribution < -0.4 is 4.74 Å². The molecule has 1 amide bonds. The van der Waals surface area contributed by atoms with Crippen molar-refractivity contribution in [2.75, 3.05) is 7.11 Å². The van der Waals surface area contributed by atoms with Crippen molar-refractivity contribution in [2.45, 2.75) is 12.6 Å². The van der Waals surface area contributed by atoms with Crippen LogP contribution in [0.5, 0.6) is 5.75 Å². The molecular weight excluding hydrogens is 266 g/mol. The number of aromatic nitrogens is 1. The Morgan fingerprint density at radius 1 is 1.38 bits per heavy atom. The van der Waals surface area contributed by atoms with Gasteiger partial charge in [0.25, 0.3) is 5.91 Å². The van der Waals surface area contributed by atoms with Gasteiger partial charge in [0.05, 0.1) is 25.4 Å². The summed E-state index contributed by atoms with van der Waals surface area (Å²) in [6.07, 6.45) is 1.67. The zero-order valence-corrected chi connectivity index (χ0v) is 11.5. The Bertz CT molecular complexity index is 722. The maximum absolute atomic E-state index is 12.5. The summed E-state index contributed by atoms with van der Waals surface area (Å²) in [6, 6.07) is 12.3. The SMILES string of the molecule is COc1ccc2c(c1)C(C#N)N(Cc1ccccn1)C2=O. The summed E-state index contributed by atoms with van der Waals surface area (Å²) in [7, 11) is 1.56. The second-order valence-electron chi connectivity index (χ2n) is 4.74. The molecule has 1 aliphatic rings. The van der Waals surface area contributed by atoms with E-state index in [1.807, 2.05) is 18.2 Å². The number of carbonyl (C=O) groups excluding carboxylic acids is 1. The Balaban J connectivity index is 1.97. The maximum atomic E-state index is 12.5. The van der Waals surface area contributed by atoms with E-state index < -0.39 is 6.04 Å². The number of fused-ring (bicyclic) bond motifs is 1. The van der Waals surface area contributed by atoms with Crippen LogP contribution in [0.4, 0.5) is 0 Å². The van der Waals surface area contributed by atoms with Gasteiger partial charge in [0.15, 0.2) is 0 Å². The molecule has 0 saturated carbocycles. The van der Waals surface area contributed by atoms with Crippen LogP contribution in [0.25, 0.3) is 0 Å². The van der Waals surface area contributed by atoms with Crippen LogP contribution in [0.2, 0.25) is 0 Å². The van der Waals surface area contributed by atoms with Crippen LogP contribution in [0.1, 0.15) is 27.7 Å².